The number of ether oxygens (including phenoxy) is 25. The van der Waals surface area contributed by atoms with Crippen molar-refractivity contribution in [1.82, 2.24) is 0 Å². The molecule has 840 valence electrons. The molecule has 0 radical (unpaired) electrons. The average molecular weight is 2130 g/mol. The topological polar surface area (TPSA) is 1060 Å². The Kier molecular flexibility index (Phi) is 42.2. The van der Waals surface area contributed by atoms with E-state index in [1.807, 2.05) is 0 Å². The number of aliphatic hydroxyl groups is 41. The van der Waals surface area contributed by atoms with Gasteiger partial charge in [0.05, 0.1) is 85.9 Å². The highest BCUT2D eigenvalue weighted by Crippen LogP contribution is 2.44. The molecule has 41 N–H and O–H groups in total. The average Bonchev–Trinajstić information content (AvgIpc) is 0.751. The Morgan fingerprint density at radius 1 is 0.104 bits per heavy atom. The maximum atomic E-state index is 11.6. The van der Waals surface area contributed by atoms with Crippen molar-refractivity contribution in [3.8, 4) is 0 Å². The molecule has 0 bridgehead atoms. The Hall–Kier alpha value is -2.64. The van der Waals surface area contributed by atoms with Gasteiger partial charge in [0.2, 0.25) is 0 Å². The highest BCUT2D eigenvalue weighted by Gasteiger charge is 2.64. The lowest BCUT2D eigenvalue weighted by molar-refractivity contribution is -0.402. The van der Waals surface area contributed by atoms with Crippen molar-refractivity contribution in [3.63, 3.8) is 0 Å². The molecule has 13 heterocycles. The van der Waals surface area contributed by atoms with Crippen molar-refractivity contribution >= 4 is 0 Å². The summed E-state index contributed by atoms with van der Waals surface area (Å²) in [5, 5.41) is 448. The summed E-state index contributed by atoms with van der Waals surface area (Å²) in [6.07, 6.45) is -135. The van der Waals surface area contributed by atoms with E-state index in [0.29, 0.717) is 0 Å². The quantitative estimate of drug-likeness (QED) is 0.0275. The minimum absolute atomic E-state index is 0.883. The molecule has 13 saturated heterocycles. The SMILES string of the molecule is OC[C@H]1O[C@H](O[C@H]2[C@H](O)[C@@H](O)[C@@H](O[C@H]3[C@H](O)[C@@H](O)[C@@H](O[C@H]4[C@H](O)[C@@H](O)[C@@H](O[C@H]5[C@H](O)[C@@H](O)[C@@H](O[C@H]6[C@H](O)[C@@H](O)[C@@H](O[C@H]7[C@H](O)[C@@H](O)[C@@H](O[C@H]8[C@H](O)[C@@H](O)[C@@H](O[C@H]9[C@H](O)[C@@H](O)[C@@H](O[C@H]%10[C@H](O)[C@@H](O)[C@@H](O[C@H]%11[C@H](O)[C@@H](O)[C@@H](O[C@H]%12[C@H](O)[C@@H](O)[C@@H](O[C@H]%13[C@@H](O)[C@@H](O)C(O)O[C@@H]%13CO)O[C@@H]%12CO)O[C@@H]%11CO)O[C@@H]%10CO)O[C@@H]9CO)O[C@@H]8CO)O[C@@H]7CO)O[C@@H]6CO)O[C@@H]5CO)O[C@@H]4CO)O[C@@H]3CO)O[C@@H]2CO)[C@H](O)[C@@H](O)[C@@H]1O. The van der Waals surface area contributed by atoms with Crippen molar-refractivity contribution in [1.29, 1.82) is 0 Å². The molecule has 0 aromatic rings. The number of hydrogen-bond donors (Lipinski definition) is 41. The van der Waals surface area contributed by atoms with Gasteiger partial charge in [0, 0.05) is 0 Å². The number of rotatable bonds is 37. The van der Waals surface area contributed by atoms with Crippen LogP contribution in [0, 0.1) is 0 Å². The molecule has 0 saturated carbocycles. The first-order valence-corrected chi connectivity index (χ1v) is 45.8. The lowest BCUT2D eigenvalue weighted by Crippen LogP contribution is -2.69. The van der Waals surface area contributed by atoms with Crippen molar-refractivity contribution in [2.45, 2.75) is 399 Å². The first-order valence-electron chi connectivity index (χ1n) is 45.8. The van der Waals surface area contributed by atoms with Crippen LogP contribution in [0.5, 0.6) is 0 Å². The smallest absolute Gasteiger partial charge is 0.187 e. The Balaban J connectivity index is 0.561. The molecule has 144 heavy (non-hydrogen) atoms. The van der Waals surface area contributed by atoms with Gasteiger partial charge in [0.1, 0.15) is 317 Å². The molecule has 65 atom stereocenters. The van der Waals surface area contributed by atoms with E-state index < -0.39 is 485 Å². The molecule has 1 unspecified atom stereocenters. The fourth-order valence-electron chi connectivity index (χ4n) is 18.9. The van der Waals surface area contributed by atoms with E-state index in [9.17, 15) is 209 Å². The normalized spacial score (nSPS) is 53.9. The van der Waals surface area contributed by atoms with Crippen molar-refractivity contribution in [2.24, 2.45) is 0 Å². The van der Waals surface area contributed by atoms with E-state index in [1.54, 1.807) is 0 Å². The molecule has 0 aromatic heterocycles. The first-order chi connectivity index (χ1) is 68.4. The Labute approximate surface area is 810 Å². The fraction of sp³-hybridized carbons (Fsp3) is 1.00. The molecule has 13 aliphatic rings. The lowest BCUT2D eigenvalue weighted by atomic mass is 9.95. The number of aliphatic hydroxyl groups excluding tert-OH is 41. The lowest BCUT2D eigenvalue weighted by Gasteiger charge is -2.50. The van der Waals surface area contributed by atoms with Crippen LogP contribution >= 0.6 is 0 Å². The van der Waals surface area contributed by atoms with Crippen LogP contribution in [-0.2, 0) is 118 Å². The summed E-state index contributed by atoms with van der Waals surface area (Å²) in [6, 6.07) is 0. The van der Waals surface area contributed by atoms with Crippen molar-refractivity contribution in [3.05, 3.63) is 0 Å². The largest absolute Gasteiger partial charge is 0.394 e. The monoisotopic (exact) mass is 2120 g/mol. The van der Waals surface area contributed by atoms with Gasteiger partial charge < -0.3 is 328 Å². The third-order valence-electron chi connectivity index (χ3n) is 27.2. The van der Waals surface area contributed by atoms with Gasteiger partial charge in [-0.3, -0.25) is 0 Å². The van der Waals surface area contributed by atoms with E-state index in [0.717, 1.165) is 0 Å². The van der Waals surface area contributed by atoms with Crippen LogP contribution < -0.4 is 0 Å². The molecule has 66 heteroatoms. The second kappa shape index (κ2) is 51.4. The van der Waals surface area contributed by atoms with E-state index >= 15 is 0 Å². The fourth-order valence-corrected chi connectivity index (χ4v) is 18.9. The molecule has 0 spiro atoms. The van der Waals surface area contributed by atoms with Gasteiger partial charge in [-0.1, -0.05) is 0 Å². The van der Waals surface area contributed by atoms with Gasteiger partial charge in [0.25, 0.3) is 0 Å². The second-order valence-electron chi connectivity index (χ2n) is 36.4. The summed E-state index contributed by atoms with van der Waals surface area (Å²) in [6.45, 7) is -14.3. The standard InChI is InChI=1S/C78H132O66/c79-1-14-27(92)28(93)42(107)67(121-14)134-55-16(3-81)123-69(44(109)30(55)95)136-57-18(5-83)125-71(46(111)32(57)97)138-59-20(7-85)127-73(48(113)34(59)99)140-61-22(9-87)129-75(50(115)36(61)101)142-63-24(11-89)131-77(52(117)38(63)103)144-65-26(13-91)132-78(53(118)40(65)105)143-64-25(12-90)130-76(51(116)39(64)104)141-62-23(10-88)128-74(49(114)37(62)102)139-60-21(8-86)126-72(47(112)35(60)100)137-58-19(6-84)124-70(45(110)33(58)98)135-56-17(4-82)122-68(43(108)31(56)96)133-54-15(2-80)120-66(119)41(106)29(54)94/h14-119H,1-13H2/t14-,15-,16-,17-,18-,19-,20-,21-,22-,23-,24-,25-,26-,27-,28+,29+,30-,31-,32-,33-,34-,35-,36-,37-,38-,39-,40-,41-,42-,43-,44-,45-,46-,47-,48-,49-,50-,51-,52-,53-,54-,55-,56-,57-,58-,59-,60-,61-,62-,63-,64-,65-,66?,67-,68-,69-,70-,71-,72-,73-,74-,75-,76-,77-,78-/m1/s1. The Morgan fingerprint density at radius 3 is 0.319 bits per heavy atom. The highest BCUT2D eigenvalue weighted by atomic mass is 16.8. The van der Waals surface area contributed by atoms with Crippen LogP contribution in [-0.4, -0.2) is 694 Å². The summed E-state index contributed by atoms with van der Waals surface area (Å²) in [7, 11) is 0. The minimum Gasteiger partial charge on any atom is -0.394 e. The predicted octanol–water partition coefficient (Wildman–Crippen LogP) is -29.3. The van der Waals surface area contributed by atoms with Gasteiger partial charge in [-0.25, -0.2) is 0 Å². The third-order valence-corrected chi connectivity index (χ3v) is 27.2. The summed E-state index contributed by atoms with van der Waals surface area (Å²) in [4.78, 5) is 0. The van der Waals surface area contributed by atoms with Gasteiger partial charge in [-0.15, -0.1) is 0 Å². The molecule has 0 aromatic carbocycles. The van der Waals surface area contributed by atoms with Gasteiger partial charge in [-0.2, -0.15) is 0 Å². The highest BCUT2D eigenvalue weighted by molar-refractivity contribution is 5.06. The maximum Gasteiger partial charge on any atom is 0.187 e. The van der Waals surface area contributed by atoms with Crippen LogP contribution in [0.15, 0.2) is 0 Å². The molecule has 0 aliphatic carbocycles. The summed E-state index contributed by atoms with van der Waals surface area (Å²) < 4.78 is 141. The van der Waals surface area contributed by atoms with Crippen LogP contribution in [0.4, 0.5) is 0 Å². The van der Waals surface area contributed by atoms with Crippen LogP contribution in [0.2, 0.25) is 0 Å². The molecule has 13 aliphatic heterocycles. The molecule has 66 nitrogen and oxygen atoms in total. The van der Waals surface area contributed by atoms with Gasteiger partial charge >= 0.3 is 0 Å². The van der Waals surface area contributed by atoms with Crippen LogP contribution in [0.25, 0.3) is 0 Å². The Bertz CT molecular complexity index is 3620. The van der Waals surface area contributed by atoms with Crippen LogP contribution in [0.3, 0.4) is 0 Å². The van der Waals surface area contributed by atoms with E-state index in [4.69, 9.17) is 118 Å². The molecule has 0 amide bonds. The zero-order valence-electron chi connectivity index (χ0n) is 75.3. The maximum absolute atomic E-state index is 11.6. The number of hydrogen-bond acceptors (Lipinski definition) is 66. The van der Waals surface area contributed by atoms with Crippen LogP contribution in [0.1, 0.15) is 0 Å². The zero-order valence-corrected chi connectivity index (χ0v) is 75.3. The van der Waals surface area contributed by atoms with E-state index in [1.165, 1.54) is 0 Å². The molecule has 13 fully saturated rings. The van der Waals surface area contributed by atoms with Crippen molar-refractivity contribution < 1.29 is 328 Å². The molecular weight excluding hydrogens is 1990 g/mol. The van der Waals surface area contributed by atoms with E-state index in [-0.39, 0.29) is 0 Å². The predicted molar refractivity (Wildman–Crippen MR) is 428 cm³/mol. The van der Waals surface area contributed by atoms with E-state index in [2.05, 4.69) is 0 Å². The third kappa shape index (κ3) is 24.3. The zero-order chi connectivity index (χ0) is 105. The summed E-state index contributed by atoms with van der Waals surface area (Å²) in [5.74, 6) is 0. The van der Waals surface area contributed by atoms with Gasteiger partial charge in [0.15, 0.2) is 81.8 Å². The summed E-state index contributed by atoms with van der Waals surface area (Å²) >= 11 is 0. The molecule has 13 rings (SSSR count). The first kappa shape index (κ1) is 118. The van der Waals surface area contributed by atoms with Crippen molar-refractivity contribution in [2.75, 3.05) is 85.9 Å². The molecular formula is C78H132O66. The minimum atomic E-state index is -2.38. The van der Waals surface area contributed by atoms with Gasteiger partial charge in [-0.05, 0) is 0 Å². The summed E-state index contributed by atoms with van der Waals surface area (Å²) in [5.41, 5.74) is 0. The second-order valence-corrected chi connectivity index (χ2v) is 36.4. The Morgan fingerprint density at radius 2 is 0.201 bits per heavy atom.